The van der Waals surface area contributed by atoms with Crippen molar-refractivity contribution in [3.63, 3.8) is 0 Å². The molecule has 1 aromatic rings. The van der Waals surface area contributed by atoms with Gasteiger partial charge in [0.15, 0.2) is 9.84 Å². The summed E-state index contributed by atoms with van der Waals surface area (Å²) < 4.78 is 24.1. The molecule has 1 atom stereocenters. The van der Waals surface area contributed by atoms with Gasteiger partial charge in [-0.25, -0.2) is 8.42 Å². The van der Waals surface area contributed by atoms with Crippen molar-refractivity contribution in [3.8, 4) is 0 Å². The van der Waals surface area contributed by atoms with E-state index >= 15 is 0 Å². The molecule has 1 unspecified atom stereocenters. The van der Waals surface area contributed by atoms with E-state index in [1.165, 1.54) is 13.0 Å². The fourth-order valence-corrected chi connectivity index (χ4v) is 3.05. The highest BCUT2D eigenvalue weighted by Gasteiger charge is 2.31. The molecule has 116 valence electrons. The molecule has 0 aliphatic carbocycles. The van der Waals surface area contributed by atoms with E-state index in [0.29, 0.717) is 6.54 Å². The lowest BCUT2D eigenvalue weighted by atomic mass is 10.2. The third kappa shape index (κ3) is 4.70. The van der Waals surface area contributed by atoms with Crippen LogP contribution in [0.15, 0.2) is 43.0 Å². The van der Waals surface area contributed by atoms with Crippen molar-refractivity contribution in [1.29, 1.82) is 0 Å². The first-order valence-corrected chi connectivity index (χ1v) is 8.68. The first-order chi connectivity index (χ1) is 9.79. The van der Waals surface area contributed by atoms with Crippen molar-refractivity contribution in [2.45, 2.75) is 38.6 Å². The normalized spacial score (nSPS) is 13.0. The molecule has 0 fully saturated rings. The summed E-state index contributed by atoms with van der Waals surface area (Å²) in [6.07, 6.45) is 1.32. The summed E-state index contributed by atoms with van der Waals surface area (Å²) in [5.41, 5.74) is 0.980. The minimum Gasteiger partial charge on any atom is -0.335 e. The predicted octanol–water partition coefficient (Wildman–Crippen LogP) is 2.41. The molecule has 21 heavy (non-hydrogen) atoms. The smallest absolute Gasteiger partial charge is 0.241 e. The lowest BCUT2D eigenvalue weighted by Gasteiger charge is -2.29. The second kappa shape index (κ2) is 7.41. The number of hydrogen-bond donors (Lipinski definition) is 0. The van der Waals surface area contributed by atoms with Gasteiger partial charge in [0.1, 0.15) is 5.25 Å². The standard InChI is InChI=1S/C16H23NO3S/c1-5-11-21(19,20)14(4)16(18)17(13(2)3)12-15-9-7-6-8-10-15/h5-10,13-14H,1,11-12H2,2-4H3. The molecule has 0 aromatic heterocycles. The number of sulfone groups is 1. The molecule has 0 radical (unpaired) electrons. The number of carbonyl (C=O) groups excluding carboxylic acids is 1. The van der Waals surface area contributed by atoms with Crippen LogP contribution in [0.2, 0.25) is 0 Å². The Balaban J connectivity index is 2.95. The van der Waals surface area contributed by atoms with Crippen LogP contribution in [0, 0.1) is 0 Å². The monoisotopic (exact) mass is 309 g/mol. The molecule has 0 heterocycles. The number of benzene rings is 1. The molecular weight excluding hydrogens is 286 g/mol. The number of hydrogen-bond acceptors (Lipinski definition) is 3. The predicted molar refractivity (Wildman–Crippen MR) is 85.6 cm³/mol. The Morgan fingerprint density at radius 3 is 2.29 bits per heavy atom. The molecule has 0 aliphatic rings. The lowest BCUT2D eigenvalue weighted by Crippen LogP contribution is -2.45. The molecule has 0 saturated carbocycles. The topological polar surface area (TPSA) is 54.5 Å². The lowest BCUT2D eigenvalue weighted by molar-refractivity contribution is -0.132. The quantitative estimate of drug-likeness (QED) is 0.727. The fraction of sp³-hybridized carbons (Fsp3) is 0.438. The van der Waals surface area contributed by atoms with Gasteiger partial charge in [-0.05, 0) is 26.3 Å². The van der Waals surface area contributed by atoms with Crippen molar-refractivity contribution < 1.29 is 13.2 Å². The van der Waals surface area contributed by atoms with Gasteiger partial charge in [0.2, 0.25) is 5.91 Å². The summed E-state index contributed by atoms with van der Waals surface area (Å²) in [4.78, 5) is 14.1. The van der Waals surface area contributed by atoms with Crippen LogP contribution in [0.5, 0.6) is 0 Å². The maximum atomic E-state index is 12.5. The maximum Gasteiger partial charge on any atom is 0.241 e. The second-order valence-corrected chi connectivity index (χ2v) is 7.67. The van der Waals surface area contributed by atoms with Gasteiger partial charge < -0.3 is 4.90 Å². The highest BCUT2D eigenvalue weighted by Crippen LogP contribution is 2.14. The zero-order valence-corrected chi connectivity index (χ0v) is 13.6. The molecule has 0 aliphatic heterocycles. The molecule has 1 amide bonds. The number of amides is 1. The summed E-state index contributed by atoms with van der Waals surface area (Å²) in [6, 6.07) is 9.48. The van der Waals surface area contributed by atoms with Gasteiger partial charge in [0.25, 0.3) is 0 Å². The summed E-state index contributed by atoms with van der Waals surface area (Å²) in [5, 5.41) is -1.05. The van der Waals surface area contributed by atoms with Gasteiger partial charge in [0, 0.05) is 12.6 Å². The first kappa shape index (κ1) is 17.4. The van der Waals surface area contributed by atoms with Crippen LogP contribution in [0.25, 0.3) is 0 Å². The zero-order chi connectivity index (χ0) is 16.0. The Hall–Kier alpha value is -1.62. The number of nitrogens with zero attached hydrogens (tertiary/aromatic N) is 1. The second-order valence-electron chi connectivity index (χ2n) is 5.31. The van der Waals surface area contributed by atoms with Crippen molar-refractivity contribution in [2.24, 2.45) is 0 Å². The molecule has 4 nitrogen and oxygen atoms in total. The molecule has 0 spiro atoms. The van der Waals surface area contributed by atoms with Crippen LogP contribution < -0.4 is 0 Å². The van der Waals surface area contributed by atoms with E-state index in [1.54, 1.807) is 4.90 Å². The van der Waals surface area contributed by atoms with E-state index in [-0.39, 0.29) is 17.7 Å². The van der Waals surface area contributed by atoms with Crippen LogP contribution in [-0.4, -0.2) is 36.3 Å². The average Bonchev–Trinajstić information content (AvgIpc) is 2.44. The van der Waals surface area contributed by atoms with Crippen LogP contribution >= 0.6 is 0 Å². The van der Waals surface area contributed by atoms with E-state index in [1.807, 2.05) is 44.2 Å². The molecule has 0 saturated heterocycles. The summed E-state index contributed by atoms with van der Waals surface area (Å²) in [7, 11) is -3.49. The van der Waals surface area contributed by atoms with Crippen molar-refractivity contribution in [1.82, 2.24) is 4.90 Å². The molecule has 1 aromatic carbocycles. The van der Waals surface area contributed by atoms with Gasteiger partial charge in [-0.1, -0.05) is 36.4 Å². The Labute approximate surface area is 127 Å². The van der Waals surface area contributed by atoms with E-state index in [4.69, 9.17) is 0 Å². The Kier molecular flexibility index (Phi) is 6.15. The highest BCUT2D eigenvalue weighted by atomic mass is 32.2. The van der Waals surface area contributed by atoms with Gasteiger partial charge in [-0.15, -0.1) is 6.58 Å². The van der Waals surface area contributed by atoms with Gasteiger partial charge >= 0.3 is 0 Å². The molecule has 0 bridgehead atoms. The largest absolute Gasteiger partial charge is 0.335 e. The van der Waals surface area contributed by atoms with Gasteiger partial charge in [-0.3, -0.25) is 4.79 Å². The third-order valence-corrected chi connectivity index (χ3v) is 5.32. The molecule has 0 N–H and O–H groups in total. The number of rotatable bonds is 7. The summed E-state index contributed by atoms with van der Waals surface area (Å²) >= 11 is 0. The minimum absolute atomic E-state index is 0.0703. The average molecular weight is 309 g/mol. The summed E-state index contributed by atoms with van der Waals surface area (Å²) in [6.45, 7) is 9.05. The Bertz CT molecular complexity index is 579. The van der Waals surface area contributed by atoms with E-state index in [2.05, 4.69) is 6.58 Å². The fourth-order valence-electron chi connectivity index (χ4n) is 1.99. The van der Waals surface area contributed by atoms with Crippen LogP contribution in [0.3, 0.4) is 0 Å². The van der Waals surface area contributed by atoms with Crippen LogP contribution in [0.1, 0.15) is 26.3 Å². The maximum absolute atomic E-state index is 12.5. The van der Waals surface area contributed by atoms with Crippen LogP contribution in [-0.2, 0) is 21.2 Å². The molecule has 5 heteroatoms. The summed E-state index contributed by atoms with van der Waals surface area (Å²) in [5.74, 6) is -0.548. The molecule has 1 rings (SSSR count). The van der Waals surface area contributed by atoms with Crippen molar-refractivity contribution in [2.75, 3.05) is 5.75 Å². The van der Waals surface area contributed by atoms with E-state index < -0.39 is 15.1 Å². The minimum atomic E-state index is -3.49. The SMILES string of the molecule is C=CCS(=O)(=O)C(C)C(=O)N(Cc1ccccc1)C(C)C. The van der Waals surface area contributed by atoms with Crippen molar-refractivity contribution >= 4 is 15.7 Å². The van der Waals surface area contributed by atoms with E-state index in [9.17, 15) is 13.2 Å². The number of carbonyl (C=O) groups is 1. The Morgan fingerprint density at radius 2 is 1.81 bits per heavy atom. The van der Waals surface area contributed by atoms with Crippen LogP contribution in [0.4, 0.5) is 0 Å². The Morgan fingerprint density at radius 1 is 1.24 bits per heavy atom. The van der Waals surface area contributed by atoms with Gasteiger partial charge in [0.05, 0.1) is 5.75 Å². The van der Waals surface area contributed by atoms with Crippen molar-refractivity contribution in [3.05, 3.63) is 48.6 Å². The highest BCUT2D eigenvalue weighted by molar-refractivity contribution is 7.92. The molecular formula is C16H23NO3S. The zero-order valence-electron chi connectivity index (χ0n) is 12.8. The van der Waals surface area contributed by atoms with Gasteiger partial charge in [-0.2, -0.15) is 0 Å². The third-order valence-electron chi connectivity index (χ3n) is 3.34. The van der Waals surface area contributed by atoms with E-state index in [0.717, 1.165) is 5.56 Å². The first-order valence-electron chi connectivity index (χ1n) is 6.96.